The van der Waals surface area contributed by atoms with Gasteiger partial charge in [0.2, 0.25) is 10.0 Å². The number of hydrogen-bond donors (Lipinski definition) is 2. The third-order valence-electron chi connectivity index (χ3n) is 7.51. The number of imidazole rings is 1. The van der Waals surface area contributed by atoms with Crippen LogP contribution in [0.1, 0.15) is 38.4 Å². The Morgan fingerprint density at radius 2 is 1.78 bits per heavy atom. The van der Waals surface area contributed by atoms with Crippen LogP contribution in [0.2, 0.25) is 0 Å². The fourth-order valence-corrected chi connectivity index (χ4v) is 7.16. The molecule has 2 aliphatic rings. The van der Waals surface area contributed by atoms with Crippen LogP contribution < -0.4 is 15.1 Å². The molecule has 2 aliphatic heterocycles. The number of aromatic nitrogens is 2. The highest BCUT2D eigenvalue weighted by Crippen LogP contribution is 2.35. The van der Waals surface area contributed by atoms with Gasteiger partial charge in [0.05, 0.1) is 13.2 Å². The lowest BCUT2D eigenvalue weighted by molar-refractivity contribution is -0.133. The van der Waals surface area contributed by atoms with E-state index in [0.717, 1.165) is 30.1 Å². The highest BCUT2D eigenvalue weighted by molar-refractivity contribution is 7.91. The summed E-state index contributed by atoms with van der Waals surface area (Å²) in [5, 5.41) is 9.48. The maximum atomic E-state index is 13.8. The Labute approximate surface area is 219 Å². The number of amides is 1. The van der Waals surface area contributed by atoms with Gasteiger partial charge >= 0.3 is 0 Å². The monoisotopic (exact) mass is 534 g/mol. The van der Waals surface area contributed by atoms with E-state index in [2.05, 4.69) is 21.7 Å². The fourth-order valence-electron chi connectivity index (χ4n) is 5.05. The number of piperidine rings is 1. The summed E-state index contributed by atoms with van der Waals surface area (Å²) in [7, 11) is -2.10. The van der Waals surface area contributed by atoms with Crippen molar-refractivity contribution in [3.05, 3.63) is 42.5 Å². The first kappa shape index (κ1) is 27.4. The number of hydroxylamine groups is 1. The molecule has 37 heavy (non-hydrogen) atoms. The molecule has 2 N–H and O–H groups in total. The molecule has 0 saturated carbocycles. The second-order valence-electron chi connectivity index (χ2n) is 9.75. The van der Waals surface area contributed by atoms with Gasteiger partial charge in [0, 0.05) is 64.4 Å². The lowest BCUT2D eigenvalue weighted by atomic mass is 9.95. The van der Waals surface area contributed by atoms with Crippen LogP contribution in [0, 0.1) is 0 Å². The van der Waals surface area contributed by atoms with Gasteiger partial charge in [0.1, 0.15) is 11.6 Å². The highest BCUT2D eigenvalue weighted by atomic mass is 32.2. The Hall–Kier alpha value is -2.67. The largest absolute Gasteiger partial charge is 0.494 e. The molecule has 204 valence electrons. The smallest absolute Gasteiger partial charge is 0.266 e. The molecule has 0 atom stereocenters. The van der Waals surface area contributed by atoms with E-state index in [9.17, 15) is 18.4 Å². The molecule has 2 aromatic rings. The van der Waals surface area contributed by atoms with Crippen LogP contribution >= 0.6 is 0 Å². The zero-order valence-electron chi connectivity index (χ0n) is 21.7. The second kappa shape index (κ2) is 11.8. The van der Waals surface area contributed by atoms with Gasteiger partial charge in [-0.1, -0.05) is 13.3 Å². The Bertz CT molecular complexity index is 1140. The van der Waals surface area contributed by atoms with Crippen molar-refractivity contribution in [2.24, 2.45) is 7.05 Å². The molecule has 12 heteroatoms. The number of nitrogens with zero attached hydrogens (tertiary/aromatic N) is 5. The predicted molar refractivity (Wildman–Crippen MR) is 140 cm³/mol. The number of anilines is 1. The van der Waals surface area contributed by atoms with E-state index in [-0.39, 0.29) is 25.9 Å². The standard InChI is InChI=1S/C25H38N6O5S/c1-3-4-19-36-22-7-5-21(6-8-22)30-15-17-31(18-16-30)37(34,35)25(24(32)27-33)9-12-29(13-10-25)20-23-26-11-14-28(23)2/h5-8,11,14,33H,3-4,9-10,12-13,15-20H2,1-2H3,(H,27,32). The molecule has 0 radical (unpaired) electrons. The quantitative estimate of drug-likeness (QED) is 0.268. The molecular weight excluding hydrogens is 496 g/mol. The molecule has 2 fully saturated rings. The lowest BCUT2D eigenvalue weighted by Gasteiger charge is -2.44. The summed E-state index contributed by atoms with van der Waals surface area (Å²) >= 11 is 0. The van der Waals surface area contributed by atoms with Gasteiger partial charge in [-0.25, -0.2) is 18.9 Å². The van der Waals surface area contributed by atoms with Crippen molar-refractivity contribution < 1.29 is 23.2 Å². The summed E-state index contributed by atoms with van der Waals surface area (Å²) in [6.07, 6.45) is 5.88. The average molecular weight is 535 g/mol. The maximum absolute atomic E-state index is 13.8. The Balaban J connectivity index is 1.39. The summed E-state index contributed by atoms with van der Waals surface area (Å²) in [4.78, 5) is 21.4. The van der Waals surface area contributed by atoms with Gasteiger partial charge in [-0.15, -0.1) is 0 Å². The van der Waals surface area contributed by atoms with Crippen LogP contribution in [-0.2, 0) is 28.4 Å². The first-order chi connectivity index (χ1) is 17.8. The van der Waals surface area contributed by atoms with Crippen LogP contribution in [0.15, 0.2) is 36.7 Å². The van der Waals surface area contributed by atoms with Gasteiger partial charge in [0.25, 0.3) is 5.91 Å². The Morgan fingerprint density at radius 3 is 2.35 bits per heavy atom. The van der Waals surface area contributed by atoms with Gasteiger partial charge in [-0.05, 0) is 43.5 Å². The SMILES string of the molecule is CCCCOc1ccc(N2CCN(S(=O)(=O)C3(C(=O)NO)CCN(Cc4nccn4C)CC3)CC2)cc1. The molecule has 2 saturated heterocycles. The molecule has 1 aromatic heterocycles. The van der Waals surface area contributed by atoms with Crippen LogP contribution in [0.4, 0.5) is 5.69 Å². The average Bonchev–Trinajstić information content (AvgIpc) is 3.33. The summed E-state index contributed by atoms with van der Waals surface area (Å²) in [6.45, 7) is 5.77. The van der Waals surface area contributed by atoms with E-state index in [1.54, 1.807) is 11.7 Å². The van der Waals surface area contributed by atoms with E-state index in [1.807, 2.05) is 42.1 Å². The van der Waals surface area contributed by atoms with Crippen molar-refractivity contribution in [2.45, 2.75) is 43.9 Å². The van der Waals surface area contributed by atoms with Crippen molar-refractivity contribution in [3.8, 4) is 5.75 Å². The lowest BCUT2D eigenvalue weighted by Crippen LogP contribution is -2.63. The molecular formula is C25H38N6O5S. The number of rotatable bonds is 10. The minimum Gasteiger partial charge on any atom is -0.494 e. The summed E-state index contributed by atoms with van der Waals surface area (Å²) in [5.74, 6) is 0.841. The first-order valence-corrected chi connectivity index (χ1v) is 14.4. The first-order valence-electron chi connectivity index (χ1n) is 12.9. The number of nitrogens with one attached hydrogen (secondary N) is 1. The van der Waals surface area contributed by atoms with Crippen LogP contribution in [0.25, 0.3) is 0 Å². The molecule has 1 aromatic carbocycles. The van der Waals surface area contributed by atoms with Gasteiger partial charge in [-0.3, -0.25) is 14.9 Å². The minimum absolute atomic E-state index is 0.103. The minimum atomic E-state index is -4.01. The zero-order chi connectivity index (χ0) is 26.5. The molecule has 0 spiro atoms. The van der Waals surface area contributed by atoms with Gasteiger partial charge in [-0.2, -0.15) is 4.31 Å². The van der Waals surface area contributed by atoms with E-state index >= 15 is 0 Å². The van der Waals surface area contributed by atoms with Crippen molar-refractivity contribution in [3.63, 3.8) is 0 Å². The van der Waals surface area contributed by atoms with Crippen molar-refractivity contribution in [2.75, 3.05) is 50.8 Å². The number of carbonyl (C=O) groups excluding carboxylic acids is 1. The number of carbonyl (C=O) groups is 1. The normalized spacial score (nSPS) is 19.1. The van der Waals surface area contributed by atoms with Crippen molar-refractivity contribution in [1.29, 1.82) is 0 Å². The summed E-state index contributed by atoms with van der Waals surface area (Å²) in [5.41, 5.74) is 2.65. The van der Waals surface area contributed by atoms with E-state index in [0.29, 0.717) is 39.3 Å². The number of aryl methyl sites for hydroxylation is 1. The van der Waals surface area contributed by atoms with Crippen LogP contribution in [0.3, 0.4) is 0 Å². The van der Waals surface area contributed by atoms with Crippen LogP contribution in [0.5, 0.6) is 5.75 Å². The van der Waals surface area contributed by atoms with E-state index < -0.39 is 20.7 Å². The molecule has 4 rings (SSSR count). The third kappa shape index (κ3) is 5.77. The molecule has 0 bridgehead atoms. The fraction of sp³-hybridized carbons (Fsp3) is 0.600. The number of unbranched alkanes of at least 4 members (excludes halogenated alkanes) is 1. The number of likely N-dealkylation sites (tertiary alicyclic amines) is 1. The second-order valence-corrected chi connectivity index (χ2v) is 12.0. The predicted octanol–water partition coefficient (Wildman–Crippen LogP) is 1.59. The third-order valence-corrected chi connectivity index (χ3v) is 10.1. The highest BCUT2D eigenvalue weighted by Gasteiger charge is 2.55. The summed E-state index contributed by atoms with van der Waals surface area (Å²) < 4.78 is 35.0. The van der Waals surface area contributed by atoms with E-state index in [1.165, 1.54) is 4.31 Å². The van der Waals surface area contributed by atoms with Gasteiger partial charge < -0.3 is 14.2 Å². The number of hydrogen-bond acceptors (Lipinski definition) is 8. The molecule has 11 nitrogen and oxygen atoms in total. The van der Waals surface area contributed by atoms with Gasteiger partial charge in [0.15, 0.2) is 4.75 Å². The number of piperazine rings is 1. The van der Waals surface area contributed by atoms with E-state index in [4.69, 9.17) is 4.74 Å². The topological polar surface area (TPSA) is 120 Å². The number of sulfonamides is 1. The summed E-state index contributed by atoms with van der Waals surface area (Å²) in [6, 6.07) is 7.85. The molecule has 0 aliphatic carbocycles. The van der Waals surface area contributed by atoms with Crippen LogP contribution in [-0.4, -0.2) is 88.9 Å². The maximum Gasteiger partial charge on any atom is 0.266 e. The van der Waals surface area contributed by atoms with Crippen molar-refractivity contribution in [1.82, 2.24) is 24.2 Å². The molecule has 3 heterocycles. The zero-order valence-corrected chi connectivity index (χ0v) is 22.5. The number of ether oxygens (including phenoxy) is 1. The van der Waals surface area contributed by atoms with Crippen molar-refractivity contribution >= 4 is 21.6 Å². The Kier molecular flexibility index (Phi) is 8.73. The Morgan fingerprint density at radius 1 is 1.11 bits per heavy atom. The molecule has 0 unspecified atom stereocenters. The number of benzene rings is 1. The molecule has 1 amide bonds.